The number of fused-ring (bicyclic) bond motifs is 1. The number of nitrogens with zero attached hydrogens (tertiary/aromatic N) is 1. The maximum atomic E-state index is 12.2. The molecule has 1 amide bonds. The molecule has 1 aliphatic rings. The molecule has 4 heteroatoms. The first-order chi connectivity index (χ1) is 9.83. The molecule has 0 saturated heterocycles. The first-order valence-corrected chi connectivity index (χ1v) is 7.35. The second-order valence-corrected chi connectivity index (χ2v) is 6.51. The number of hydrogen-bond donors (Lipinski definition) is 0. The Morgan fingerprint density at radius 1 is 1.33 bits per heavy atom. The van der Waals surface area contributed by atoms with Gasteiger partial charge in [0.1, 0.15) is 17.9 Å². The molecule has 0 spiro atoms. The molecule has 1 aromatic carbocycles. The van der Waals surface area contributed by atoms with Crippen molar-refractivity contribution in [2.75, 3.05) is 7.05 Å². The van der Waals surface area contributed by atoms with E-state index in [-0.39, 0.29) is 0 Å². The lowest BCUT2D eigenvalue weighted by Crippen LogP contribution is -2.37. The third-order valence-electron chi connectivity index (χ3n) is 3.73. The van der Waals surface area contributed by atoms with Crippen LogP contribution in [0.1, 0.15) is 49.9 Å². The van der Waals surface area contributed by atoms with Gasteiger partial charge in [-0.05, 0) is 56.7 Å². The van der Waals surface area contributed by atoms with Crippen LogP contribution in [0.5, 0.6) is 0 Å². The standard InChI is InChI=1S/C17H23NO3/c1-17(2,3)21-16(20)18(4)15(11-19)14-10-6-8-12-7-5-9-13(12)14/h6,8,10-11,15H,5,7,9H2,1-4H3. The van der Waals surface area contributed by atoms with Crippen LogP contribution in [-0.4, -0.2) is 29.9 Å². The van der Waals surface area contributed by atoms with Crippen molar-refractivity contribution in [2.24, 2.45) is 0 Å². The molecule has 1 atom stereocenters. The van der Waals surface area contributed by atoms with Crippen LogP contribution >= 0.6 is 0 Å². The molecule has 0 radical (unpaired) electrons. The maximum absolute atomic E-state index is 12.2. The van der Waals surface area contributed by atoms with Crippen molar-refractivity contribution in [2.45, 2.75) is 51.7 Å². The zero-order chi connectivity index (χ0) is 15.6. The van der Waals surface area contributed by atoms with Crippen LogP contribution in [0.15, 0.2) is 18.2 Å². The number of likely N-dealkylation sites (N-methyl/N-ethyl adjacent to an activating group) is 1. The second kappa shape index (κ2) is 5.88. The fourth-order valence-corrected chi connectivity index (χ4v) is 2.75. The summed E-state index contributed by atoms with van der Waals surface area (Å²) < 4.78 is 5.35. The molecule has 114 valence electrons. The quantitative estimate of drug-likeness (QED) is 0.802. The monoisotopic (exact) mass is 289 g/mol. The molecule has 1 aromatic rings. The Labute approximate surface area is 126 Å². The van der Waals surface area contributed by atoms with E-state index < -0.39 is 17.7 Å². The van der Waals surface area contributed by atoms with Gasteiger partial charge in [0, 0.05) is 7.05 Å². The first-order valence-electron chi connectivity index (χ1n) is 7.35. The van der Waals surface area contributed by atoms with Crippen molar-refractivity contribution < 1.29 is 14.3 Å². The Kier molecular flexibility index (Phi) is 4.35. The summed E-state index contributed by atoms with van der Waals surface area (Å²) in [5.41, 5.74) is 2.85. The van der Waals surface area contributed by atoms with Gasteiger partial charge in [-0.25, -0.2) is 4.79 Å². The lowest BCUT2D eigenvalue weighted by atomic mass is 9.97. The van der Waals surface area contributed by atoms with Gasteiger partial charge in [-0.1, -0.05) is 18.2 Å². The molecule has 0 saturated carbocycles. The molecular weight excluding hydrogens is 266 g/mol. The highest BCUT2D eigenvalue weighted by Gasteiger charge is 2.29. The van der Waals surface area contributed by atoms with E-state index in [9.17, 15) is 9.59 Å². The summed E-state index contributed by atoms with van der Waals surface area (Å²) in [6, 6.07) is 5.40. The van der Waals surface area contributed by atoms with E-state index in [2.05, 4.69) is 6.07 Å². The molecule has 2 rings (SSSR count). The minimum absolute atomic E-state index is 0.477. The summed E-state index contributed by atoms with van der Waals surface area (Å²) in [5, 5.41) is 0. The van der Waals surface area contributed by atoms with E-state index in [1.807, 2.05) is 32.9 Å². The molecule has 0 heterocycles. The lowest BCUT2D eigenvalue weighted by molar-refractivity contribution is -0.112. The molecule has 21 heavy (non-hydrogen) atoms. The molecule has 4 nitrogen and oxygen atoms in total. The normalized spacial score (nSPS) is 15.2. The van der Waals surface area contributed by atoms with Gasteiger partial charge in [-0.2, -0.15) is 0 Å². The number of carbonyl (C=O) groups excluding carboxylic acids is 2. The van der Waals surface area contributed by atoms with E-state index in [1.165, 1.54) is 16.0 Å². The topological polar surface area (TPSA) is 46.6 Å². The van der Waals surface area contributed by atoms with Crippen molar-refractivity contribution in [3.8, 4) is 0 Å². The molecular formula is C17H23NO3. The Hall–Kier alpha value is -1.84. The number of benzene rings is 1. The van der Waals surface area contributed by atoms with E-state index in [0.29, 0.717) is 0 Å². The highest BCUT2D eigenvalue weighted by Crippen LogP contribution is 2.31. The van der Waals surface area contributed by atoms with Gasteiger partial charge < -0.3 is 9.53 Å². The van der Waals surface area contributed by atoms with Crippen molar-refractivity contribution >= 4 is 12.4 Å². The highest BCUT2D eigenvalue weighted by molar-refractivity contribution is 5.75. The summed E-state index contributed by atoms with van der Waals surface area (Å²) in [6.07, 6.45) is 3.46. The summed E-state index contributed by atoms with van der Waals surface area (Å²) in [6.45, 7) is 5.44. The minimum Gasteiger partial charge on any atom is -0.444 e. The Morgan fingerprint density at radius 2 is 2.05 bits per heavy atom. The van der Waals surface area contributed by atoms with Crippen LogP contribution in [0.3, 0.4) is 0 Å². The number of rotatable bonds is 3. The van der Waals surface area contributed by atoms with Gasteiger partial charge >= 0.3 is 6.09 Å². The zero-order valence-corrected chi connectivity index (χ0v) is 13.2. The van der Waals surface area contributed by atoms with E-state index in [1.54, 1.807) is 7.05 Å². The van der Waals surface area contributed by atoms with Gasteiger partial charge in [-0.3, -0.25) is 4.90 Å². The number of carbonyl (C=O) groups is 2. The van der Waals surface area contributed by atoms with Crippen LogP contribution in [0.4, 0.5) is 4.79 Å². The molecule has 0 fully saturated rings. The SMILES string of the molecule is CN(C(=O)OC(C)(C)C)C(C=O)c1cccc2c1CCC2. The number of ether oxygens (including phenoxy) is 1. The van der Waals surface area contributed by atoms with Gasteiger partial charge in [0.15, 0.2) is 0 Å². The van der Waals surface area contributed by atoms with Crippen LogP contribution in [-0.2, 0) is 22.4 Å². The molecule has 1 unspecified atom stereocenters. The molecule has 0 N–H and O–H groups in total. The summed E-state index contributed by atoms with van der Waals surface area (Å²) in [5.74, 6) is 0. The number of hydrogen-bond acceptors (Lipinski definition) is 3. The fraction of sp³-hybridized carbons (Fsp3) is 0.529. The third-order valence-corrected chi connectivity index (χ3v) is 3.73. The first kappa shape index (κ1) is 15.5. The van der Waals surface area contributed by atoms with Gasteiger partial charge in [0.2, 0.25) is 0 Å². The van der Waals surface area contributed by atoms with Crippen LogP contribution < -0.4 is 0 Å². The highest BCUT2D eigenvalue weighted by atomic mass is 16.6. The number of aryl methyl sites for hydroxylation is 1. The van der Waals surface area contributed by atoms with Gasteiger partial charge in [0.25, 0.3) is 0 Å². The average molecular weight is 289 g/mol. The smallest absolute Gasteiger partial charge is 0.410 e. The maximum Gasteiger partial charge on any atom is 0.410 e. The van der Waals surface area contributed by atoms with Crippen LogP contribution in [0, 0.1) is 0 Å². The number of aldehydes is 1. The Bertz CT molecular complexity index is 545. The summed E-state index contributed by atoms with van der Waals surface area (Å²) >= 11 is 0. The number of amides is 1. The summed E-state index contributed by atoms with van der Waals surface area (Å²) in [4.78, 5) is 25.1. The third kappa shape index (κ3) is 3.43. The predicted octanol–water partition coefficient (Wildman–Crippen LogP) is 3.28. The Balaban J connectivity index is 2.26. The van der Waals surface area contributed by atoms with Gasteiger partial charge in [-0.15, -0.1) is 0 Å². The molecule has 0 bridgehead atoms. The zero-order valence-electron chi connectivity index (χ0n) is 13.2. The van der Waals surface area contributed by atoms with E-state index >= 15 is 0 Å². The second-order valence-electron chi connectivity index (χ2n) is 6.51. The van der Waals surface area contributed by atoms with E-state index in [4.69, 9.17) is 4.74 Å². The fourth-order valence-electron chi connectivity index (χ4n) is 2.75. The minimum atomic E-state index is -0.590. The molecule has 0 aromatic heterocycles. The average Bonchev–Trinajstić information content (AvgIpc) is 2.86. The van der Waals surface area contributed by atoms with Crippen LogP contribution in [0.2, 0.25) is 0 Å². The van der Waals surface area contributed by atoms with Crippen molar-refractivity contribution in [3.63, 3.8) is 0 Å². The van der Waals surface area contributed by atoms with E-state index in [0.717, 1.165) is 31.1 Å². The molecule has 1 aliphatic carbocycles. The Morgan fingerprint density at radius 3 is 2.67 bits per heavy atom. The lowest BCUT2D eigenvalue weighted by Gasteiger charge is -2.29. The van der Waals surface area contributed by atoms with Crippen molar-refractivity contribution in [1.82, 2.24) is 4.90 Å². The van der Waals surface area contributed by atoms with Crippen molar-refractivity contribution in [3.05, 3.63) is 34.9 Å². The van der Waals surface area contributed by atoms with Crippen LogP contribution in [0.25, 0.3) is 0 Å². The van der Waals surface area contributed by atoms with Crippen molar-refractivity contribution in [1.29, 1.82) is 0 Å². The van der Waals surface area contributed by atoms with Gasteiger partial charge in [0.05, 0.1) is 0 Å². The predicted molar refractivity (Wildman–Crippen MR) is 81.3 cm³/mol. The largest absolute Gasteiger partial charge is 0.444 e. The summed E-state index contributed by atoms with van der Waals surface area (Å²) in [7, 11) is 1.61. The molecule has 0 aliphatic heterocycles.